The van der Waals surface area contributed by atoms with Crippen LogP contribution in [-0.2, 0) is 6.42 Å². The van der Waals surface area contributed by atoms with Gasteiger partial charge in [0.2, 0.25) is 0 Å². The summed E-state index contributed by atoms with van der Waals surface area (Å²) in [6.45, 7) is 2.95. The molecule has 20 heavy (non-hydrogen) atoms. The van der Waals surface area contributed by atoms with Gasteiger partial charge in [0.15, 0.2) is 11.6 Å². The smallest absolute Gasteiger partial charge is 0.350 e. The maximum atomic E-state index is 12.0. The number of thiophene rings is 1. The Morgan fingerprint density at radius 2 is 2.05 bits per heavy atom. The van der Waals surface area contributed by atoms with E-state index in [1.54, 1.807) is 12.1 Å². The van der Waals surface area contributed by atoms with Crippen molar-refractivity contribution in [2.75, 3.05) is 0 Å². The first kappa shape index (κ1) is 14.2. The molecule has 2 rings (SSSR count). The van der Waals surface area contributed by atoms with Crippen molar-refractivity contribution in [1.29, 1.82) is 0 Å². The van der Waals surface area contributed by atoms with Crippen LogP contribution in [0.25, 0.3) is 0 Å². The minimum absolute atomic E-state index is 0.0562. The van der Waals surface area contributed by atoms with Crippen molar-refractivity contribution in [3.05, 3.63) is 49.7 Å². The summed E-state index contributed by atoms with van der Waals surface area (Å²) < 4.78 is 4.80. The van der Waals surface area contributed by atoms with Crippen LogP contribution in [0.3, 0.4) is 0 Å². The highest BCUT2D eigenvalue weighted by molar-refractivity contribution is 7.14. The lowest BCUT2D eigenvalue weighted by Crippen LogP contribution is -2.16. The minimum Gasteiger partial charge on any atom is -0.507 e. The Morgan fingerprint density at radius 1 is 1.35 bits per heavy atom. The fourth-order valence-electron chi connectivity index (χ4n) is 1.76. The molecule has 0 spiro atoms. The molecule has 0 aliphatic rings. The molecule has 0 saturated carbocycles. The number of rotatable bonds is 4. The van der Waals surface area contributed by atoms with Crippen molar-refractivity contribution >= 4 is 22.9 Å². The molecule has 0 aromatic carbocycles. The van der Waals surface area contributed by atoms with Gasteiger partial charge in [0, 0.05) is 17.4 Å². The van der Waals surface area contributed by atoms with E-state index in [0.717, 1.165) is 0 Å². The van der Waals surface area contributed by atoms with Crippen molar-refractivity contribution in [3.63, 3.8) is 0 Å². The van der Waals surface area contributed by atoms with Gasteiger partial charge >= 0.3 is 5.63 Å². The maximum Gasteiger partial charge on any atom is 0.350 e. The summed E-state index contributed by atoms with van der Waals surface area (Å²) in [5, 5.41) is 9.68. The normalized spacial score (nSPS) is 10.5. The Morgan fingerprint density at radius 3 is 2.60 bits per heavy atom. The van der Waals surface area contributed by atoms with Gasteiger partial charge < -0.3 is 9.52 Å². The zero-order valence-electron chi connectivity index (χ0n) is 10.9. The van der Waals surface area contributed by atoms with Crippen molar-refractivity contribution in [3.8, 4) is 5.75 Å². The van der Waals surface area contributed by atoms with Crippen LogP contribution < -0.4 is 5.63 Å². The molecule has 5 nitrogen and oxygen atoms in total. The molecule has 0 saturated heterocycles. The van der Waals surface area contributed by atoms with E-state index in [1.165, 1.54) is 31.3 Å². The third-order valence-electron chi connectivity index (χ3n) is 2.68. The molecule has 0 radical (unpaired) electrons. The van der Waals surface area contributed by atoms with Crippen LogP contribution in [0.5, 0.6) is 5.75 Å². The van der Waals surface area contributed by atoms with Gasteiger partial charge in [0.25, 0.3) is 0 Å². The van der Waals surface area contributed by atoms with E-state index in [-0.39, 0.29) is 29.3 Å². The Balaban J connectivity index is 2.28. The molecule has 2 aromatic rings. The second-order valence-corrected chi connectivity index (χ2v) is 5.50. The van der Waals surface area contributed by atoms with Crippen LogP contribution in [0.2, 0.25) is 0 Å². The second-order valence-electron chi connectivity index (χ2n) is 4.33. The molecule has 104 valence electrons. The average Bonchev–Trinajstić information content (AvgIpc) is 2.75. The van der Waals surface area contributed by atoms with Gasteiger partial charge in [-0.15, -0.1) is 11.3 Å². The molecular weight excluding hydrogens is 280 g/mol. The molecule has 6 heteroatoms. The minimum atomic E-state index is -0.851. The Bertz CT molecular complexity index is 738. The largest absolute Gasteiger partial charge is 0.507 e. The number of carbonyl (C=O) groups is 2. The zero-order valence-corrected chi connectivity index (χ0v) is 11.7. The first-order chi connectivity index (χ1) is 9.38. The molecule has 2 aromatic heterocycles. The number of hydrogen-bond donors (Lipinski definition) is 1. The summed E-state index contributed by atoms with van der Waals surface area (Å²) in [7, 11) is 0. The summed E-state index contributed by atoms with van der Waals surface area (Å²) in [4.78, 5) is 36.0. The molecular formula is C14H12O5S. The predicted octanol–water partition coefficient (Wildman–Crippen LogP) is 2.34. The average molecular weight is 292 g/mol. The molecule has 2 heterocycles. The highest BCUT2D eigenvalue weighted by atomic mass is 32.1. The monoisotopic (exact) mass is 292 g/mol. The Kier molecular flexibility index (Phi) is 3.85. The molecule has 0 bridgehead atoms. The van der Waals surface area contributed by atoms with Crippen molar-refractivity contribution in [1.82, 2.24) is 0 Å². The van der Waals surface area contributed by atoms with Gasteiger partial charge in [0.1, 0.15) is 17.1 Å². The first-order valence-electron chi connectivity index (χ1n) is 5.85. The highest BCUT2D eigenvalue weighted by Crippen LogP contribution is 2.21. The van der Waals surface area contributed by atoms with E-state index in [9.17, 15) is 19.5 Å². The van der Waals surface area contributed by atoms with E-state index in [2.05, 4.69) is 0 Å². The number of carbonyl (C=O) groups excluding carboxylic acids is 2. The van der Waals surface area contributed by atoms with Crippen LogP contribution in [0.15, 0.2) is 27.4 Å². The van der Waals surface area contributed by atoms with Gasteiger partial charge in [0.05, 0.1) is 4.88 Å². The lowest BCUT2D eigenvalue weighted by molar-refractivity contribution is 0.0984. The molecule has 0 aliphatic carbocycles. The lowest BCUT2D eigenvalue weighted by atomic mass is 10.1. The van der Waals surface area contributed by atoms with E-state index in [4.69, 9.17) is 4.42 Å². The molecule has 0 amide bonds. The van der Waals surface area contributed by atoms with Crippen molar-refractivity contribution < 1.29 is 19.1 Å². The number of hydrogen-bond acceptors (Lipinski definition) is 6. The SMILES string of the molecule is CC(=O)c1ccc(CC(=O)c2c(O)cc(C)oc2=O)s1. The van der Waals surface area contributed by atoms with E-state index < -0.39 is 11.4 Å². The quantitative estimate of drug-likeness (QED) is 0.874. The Labute approximate surface area is 118 Å². The Hall–Kier alpha value is -2.21. The number of aryl methyl sites for hydroxylation is 1. The highest BCUT2D eigenvalue weighted by Gasteiger charge is 2.19. The van der Waals surface area contributed by atoms with Crippen LogP contribution >= 0.6 is 11.3 Å². The molecule has 0 atom stereocenters. The fraction of sp³-hybridized carbons (Fsp3) is 0.214. The number of ketones is 2. The van der Waals surface area contributed by atoms with Gasteiger partial charge in [-0.2, -0.15) is 0 Å². The fourth-order valence-corrected chi connectivity index (χ4v) is 2.66. The standard InChI is InChI=1S/C14H12O5S/c1-7-5-10(16)13(14(18)19-7)11(17)6-9-3-4-12(20-9)8(2)15/h3-5,16H,6H2,1-2H3. The lowest BCUT2D eigenvalue weighted by Gasteiger charge is -2.02. The van der Waals surface area contributed by atoms with Crippen LogP contribution in [-0.4, -0.2) is 16.7 Å². The number of Topliss-reactive ketones (excluding diaryl/α,β-unsaturated/α-hetero) is 2. The molecule has 0 fully saturated rings. The van der Waals surface area contributed by atoms with Gasteiger partial charge in [-0.3, -0.25) is 9.59 Å². The maximum absolute atomic E-state index is 12.0. The molecule has 1 N–H and O–H groups in total. The first-order valence-corrected chi connectivity index (χ1v) is 6.66. The third-order valence-corrected chi connectivity index (χ3v) is 3.86. The van der Waals surface area contributed by atoms with Gasteiger partial charge in [-0.05, 0) is 26.0 Å². The van der Waals surface area contributed by atoms with Gasteiger partial charge in [-0.25, -0.2) is 4.79 Å². The molecule has 0 unspecified atom stereocenters. The topological polar surface area (TPSA) is 84.6 Å². The zero-order chi connectivity index (χ0) is 14.9. The van der Waals surface area contributed by atoms with E-state index >= 15 is 0 Å². The van der Waals surface area contributed by atoms with Crippen LogP contribution in [0.1, 0.15) is 37.6 Å². The van der Waals surface area contributed by atoms with Crippen molar-refractivity contribution in [2.24, 2.45) is 0 Å². The second kappa shape index (κ2) is 5.42. The summed E-state index contributed by atoms with van der Waals surface area (Å²) in [5.74, 6) is -0.759. The van der Waals surface area contributed by atoms with Crippen LogP contribution in [0, 0.1) is 6.92 Å². The van der Waals surface area contributed by atoms with E-state index in [0.29, 0.717) is 9.75 Å². The van der Waals surface area contributed by atoms with Crippen molar-refractivity contribution in [2.45, 2.75) is 20.3 Å². The molecule has 0 aliphatic heterocycles. The summed E-state index contributed by atoms with van der Waals surface area (Å²) in [6.07, 6.45) is -0.0562. The number of aromatic hydroxyl groups is 1. The summed E-state index contributed by atoms with van der Waals surface area (Å²) in [6, 6.07) is 4.52. The van der Waals surface area contributed by atoms with Crippen LogP contribution in [0.4, 0.5) is 0 Å². The van der Waals surface area contributed by atoms with Gasteiger partial charge in [-0.1, -0.05) is 0 Å². The predicted molar refractivity (Wildman–Crippen MR) is 73.7 cm³/mol. The summed E-state index contributed by atoms with van der Waals surface area (Å²) >= 11 is 1.19. The summed E-state index contributed by atoms with van der Waals surface area (Å²) in [5.41, 5.74) is -1.20. The third kappa shape index (κ3) is 2.85. The van der Waals surface area contributed by atoms with E-state index in [1.807, 2.05) is 0 Å².